The molecule has 1 aliphatic rings. The fraction of sp³-hybridized carbons (Fsp3) is 0.562. The number of aryl methyl sites for hydroxylation is 2. The van der Waals surface area contributed by atoms with Crippen LogP contribution in [-0.4, -0.2) is 25.2 Å². The number of hydrogen-bond acceptors (Lipinski definition) is 2. The van der Waals surface area contributed by atoms with Gasteiger partial charge in [0, 0.05) is 19.6 Å². The first-order valence-electron chi connectivity index (χ1n) is 7.24. The molecule has 3 nitrogen and oxygen atoms in total. The molecular formula is C16H23NO2. The third-order valence-electron chi connectivity index (χ3n) is 3.62. The Morgan fingerprint density at radius 1 is 1.32 bits per heavy atom. The van der Waals surface area contributed by atoms with Crippen molar-refractivity contribution in [2.45, 2.75) is 45.1 Å². The van der Waals surface area contributed by atoms with Crippen LogP contribution in [0.2, 0.25) is 0 Å². The molecule has 3 heteroatoms. The number of nitrogens with one attached hydrogen (secondary N) is 1. The van der Waals surface area contributed by atoms with Crippen LogP contribution >= 0.6 is 0 Å². The number of carbonyl (C=O) groups is 1. The second-order valence-electron chi connectivity index (χ2n) is 5.11. The lowest BCUT2D eigenvalue weighted by atomic mass is 10.1. The molecule has 1 heterocycles. The fourth-order valence-corrected chi connectivity index (χ4v) is 2.32. The summed E-state index contributed by atoms with van der Waals surface area (Å²) in [6.07, 6.45) is 4.83. The van der Waals surface area contributed by atoms with Gasteiger partial charge in [-0.3, -0.25) is 4.79 Å². The fourth-order valence-electron chi connectivity index (χ4n) is 2.32. The van der Waals surface area contributed by atoms with Crippen LogP contribution in [-0.2, 0) is 22.4 Å². The molecule has 0 bridgehead atoms. The molecule has 0 spiro atoms. The summed E-state index contributed by atoms with van der Waals surface area (Å²) < 4.78 is 5.48. The number of rotatable bonds is 6. The Morgan fingerprint density at radius 3 is 2.68 bits per heavy atom. The largest absolute Gasteiger partial charge is 0.376 e. The second kappa shape index (κ2) is 7.29. The molecule has 1 amide bonds. The average Bonchev–Trinajstić information content (AvgIpc) is 2.96. The van der Waals surface area contributed by atoms with E-state index in [0.717, 1.165) is 32.3 Å². The lowest BCUT2D eigenvalue weighted by molar-refractivity contribution is -0.121. The molecule has 0 saturated carbocycles. The highest BCUT2D eigenvalue weighted by Crippen LogP contribution is 2.11. The summed E-state index contributed by atoms with van der Waals surface area (Å²) in [6, 6.07) is 8.51. The topological polar surface area (TPSA) is 38.3 Å². The Bertz CT molecular complexity index is 394. The molecule has 0 unspecified atom stereocenters. The lowest BCUT2D eigenvalue weighted by Crippen LogP contribution is -2.31. The highest BCUT2D eigenvalue weighted by Gasteiger charge is 2.15. The predicted octanol–water partition coefficient (Wildman–Crippen LogP) is 2.48. The monoisotopic (exact) mass is 261 g/mol. The summed E-state index contributed by atoms with van der Waals surface area (Å²) >= 11 is 0. The van der Waals surface area contributed by atoms with E-state index >= 15 is 0 Å². The van der Waals surface area contributed by atoms with Crippen LogP contribution in [0.3, 0.4) is 0 Å². The molecule has 2 rings (SSSR count). The van der Waals surface area contributed by atoms with Gasteiger partial charge in [-0.2, -0.15) is 0 Å². The number of amides is 1. The smallest absolute Gasteiger partial charge is 0.220 e. The number of hydrogen-bond donors (Lipinski definition) is 1. The maximum atomic E-state index is 11.7. The minimum absolute atomic E-state index is 0.120. The van der Waals surface area contributed by atoms with Crippen molar-refractivity contribution < 1.29 is 9.53 Å². The van der Waals surface area contributed by atoms with Crippen molar-refractivity contribution in [2.24, 2.45) is 0 Å². The van der Waals surface area contributed by atoms with Gasteiger partial charge >= 0.3 is 0 Å². The van der Waals surface area contributed by atoms with E-state index in [1.54, 1.807) is 0 Å². The molecule has 1 aromatic rings. The molecule has 0 aromatic heterocycles. The van der Waals surface area contributed by atoms with Gasteiger partial charge in [0.15, 0.2) is 0 Å². The summed E-state index contributed by atoms with van der Waals surface area (Å²) in [5.74, 6) is 0.120. The SMILES string of the molecule is CCc1ccc(CCC(=O)NC[C@H]2CCCO2)cc1. The van der Waals surface area contributed by atoms with Gasteiger partial charge in [-0.1, -0.05) is 31.2 Å². The van der Waals surface area contributed by atoms with E-state index in [1.807, 2.05) is 0 Å². The van der Waals surface area contributed by atoms with E-state index in [0.29, 0.717) is 13.0 Å². The predicted molar refractivity (Wildman–Crippen MR) is 76.1 cm³/mol. The number of carbonyl (C=O) groups excluding carboxylic acids is 1. The van der Waals surface area contributed by atoms with Crippen LogP contribution in [0.15, 0.2) is 24.3 Å². The number of ether oxygens (including phenoxy) is 1. The minimum atomic E-state index is 0.120. The molecule has 0 radical (unpaired) electrons. The van der Waals surface area contributed by atoms with Gasteiger partial charge in [0.1, 0.15) is 0 Å². The molecule has 1 atom stereocenters. The minimum Gasteiger partial charge on any atom is -0.376 e. The van der Waals surface area contributed by atoms with Gasteiger partial charge in [0.05, 0.1) is 6.10 Å². The van der Waals surface area contributed by atoms with Gasteiger partial charge in [-0.15, -0.1) is 0 Å². The summed E-state index contributed by atoms with van der Waals surface area (Å²) in [5, 5.41) is 2.95. The first-order chi connectivity index (χ1) is 9.28. The zero-order chi connectivity index (χ0) is 13.5. The molecule has 1 aromatic carbocycles. The molecule has 1 N–H and O–H groups in total. The third kappa shape index (κ3) is 4.67. The van der Waals surface area contributed by atoms with Gasteiger partial charge in [-0.25, -0.2) is 0 Å². The van der Waals surface area contributed by atoms with E-state index in [-0.39, 0.29) is 12.0 Å². The molecule has 19 heavy (non-hydrogen) atoms. The maximum absolute atomic E-state index is 11.7. The van der Waals surface area contributed by atoms with E-state index in [1.165, 1.54) is 11.1 Å². The van der Waals surface area contributed by atoms with Crippen LogP contribution in [0.1, 0.15) is 37.3 Å². The van der Waals surface area contributed by atoms with Gasteiger partial charge in [0.25, 0.3) is 0 Å². The van der Waals surface area contributed by atoms with Crippen LogP contribution < -0.4 is 5.32 Å². The maximum Gasteiger partial charge on any atom is 0.220 e. The molecule has 104 valence electrons. The van der Waals surface area contributed by atoms with Gasteiger partial charge < -0.3 is 10.1 Å². The second-order valence-corrected chi connectivity index (χ2v) is 5.11. The lowest BCUT2D eigenvalue weighted by Gasteiger charge is -2.10. The Kier molecular flexibility index (Phi) is 5.40. The molecular weight excluding hydrogens is 238 g/mol. The Morgan fingerprint density at radius 2 is 2.05 bits per heavy atom. The van der Waals surface area contributed by atoms with E-state index in [4.69, 9.17) is 4.74 Å². The van der Waals surface area contributed by atoms with Crippen molar-refractivity contribution in [3.63, 3.8) is 0 Å². The van der Waals surface area contributed by atoms with E-state index in [9.17, 15) is 4.79 Å². The third-order valence-corrected chi connectivity index (χ3v) is 3.62. The summed E-state index contributed by atoms with van der Waals surface area (Å²) in [5.41, 5.74) is 2.57. The van der Waals surface area contributed by atoms with Crippen LogP contribution in [0.25, 0.3) is 0 Å². The van der Waals surface area contributed by atoms with Crippen LogP contribution in [0.5, 0.6) is 0 Å². The highest BCUT2D eigenvalue weighted by molar-refractivity contribution is 5.76. The number of benzene rings is 1. The van der Waals surface area contributed by atoms with Crippen molar-refractivity contribution in [3.8, 4) is 0 Å². The molecule has 1 saturated heterocycles. The zero-order valence-electron chi connectivity index (χ0n) is 11.7. The molecule has 1 aliphatic heterocycles. The zero-order valence-corrected chi connectivity index (χ0v) is 11.7. The Balaban J connectivity index is 1.67. The van der Waals surface area contributed by atoms with Crippen molar-refractivity contribution in [3.05, 3.63) is 35.4 Å². The quantitative estimate of drug-likeness (QED) is 0.854. The standard InChI is InChI=1S/C16H23NO2/c1-2-13-5-7-14(8-6-13)9-10-16(18)17-12-15-4-3-11-19-15/h5-8,15H,2-4,9-12H2,1H3,(H,17,18)/t15-/m1/s1. The van der Waals surface area contributed by atoms with Crippen LogP contribution in [0.4, 0.5) is 0 Å². The summed E-state index contributed by atoms with van der Waals surface area (Å²) in [4.78, 5) is 11.7. The summed E-state index contributed by atoms with van der Waals surface area (Å²) in [7, 11) is 0. The van der Waals surface area contributed by atoms with Gasteiger partial charge in [-0.05, 0) is 36.8 Å². The Labute approximate surface area is 115 Å². The first-order valence-corrected chi connectivity index (χ1v) is 7.24. The van der Waals surface area contributed by atoms with Crippen molar-refractivity contribution in [1.29, 1.82) is 0 Å². The van der Waals surface area contributed by atoms with E-state index < -0.39 is 0 Å². The highest BCUT2D eigenvalue weighted by atomic mass is 16.5. The van der Waals surface area contributed by atoms with Gasteiger partial charge in [0.2, 0.25) is 5.91 Å². The summed E-state index contributed by atoms with van der Waals surface area (Å²) in [6.45, 7) is 3.64. The first kappa shape index (κ1) is 14.1. The van der Waals surface area contributed by atoms with E-state index in [2.05, 4.69) is 36.5 Å². The van der Waals surface area contributed by atoms with Crippen molar-refractivity contribution in [2.75, 3.05) is 13.2 Å². The molecule has 0 aliphatic carbocycles. The van der Waals surface area contributed by atoms with Crippen LogP contribution in [0, 0.1) is 0 Å². The normalized spacial score (nSPS) is 18.5. The average molecular weight is 261 g/mol. The van der Waals surface area contributed by atoms with Crippen molar-refractivity contribution >= 4 is 5.91 Å². The molecule has 1 fully saturated rings. The Hall–Kier alpha value is -1.35. The van der Waals surface area contributed by atoms with Crippen molar-refractivity contribution in [1.82, 2.24) is 5.32 Å².